The summed E-state index contributed by atoms with van der Waals surface area (Å²) < 4.78 is 22.9. The Kier molecular flexibility index (Phi) is 4.71. The summed E-state index contributed by atoms with van der Waals surface area (Å²) in [4.78, 5) is 23.2. The maximum atomic E-state index is 12.7. The Bertz CT molecular complexity index is 483. The van der Waals surface area contributed by atoms with E-state index < -0.39 is 5.97 Å². The Balaban J connectivity index is 1.85. The quantitative estimate of drug-likeness (QED) is 0.628. The van der Waals surface area contributed by atoms with Crippen molar-refractivity contribution in [1.82, 2.24) is 0 Å². The number of cyclic esters (lactones) is 1. The van der Waals surface area contributed by atoms with Gasteiger partial charge in [-0.2, -0.15) is 0 Å². The minimum absolute atomic E-state index is 0.00871. The molecule has 0 radical (unpaired) electrons. The summed E-state index contributed by atoms with van der Waals surface area (Å²) in [6.45, 7) is 2.18. The molecule has 2 rings (SSSR count). The normalized spacial score (nSPS) is 22.2. The summed E-state index contributed by atoms with van der Waals surface area (Å²) in [6, 6.07) is 5.28. The molecule has 20 heavy (non-hydrogen) atoms. The molecule has 2 atom stereocenters. The van der Waals surface area contributed by atoms with Gasteiger partial charge < -0.3 is 9.47 Å². The molecule has 5 heteroatoms. The maximum absolute atomic E-state index is 12.7. The molecule has 1 saturated heterocycles. The largest absolute Gasteiger partial charge is 0.465 e. The zero-order valence-electron chi connectivity index (χ0n) is 11.3. The SMILES string of the molecule is CC[C@H]1C[C@@H](CC(=O)Oc2ccc(F)cc2)COC1=O. The molecule has 0 saturated carbocycles. The third-order valence-electron chi connectivity index (χ3n) is 3.41. The fraction of sp³-hybridized carbons (Fsp3) is 0.467. The Morgan fingerprint density at radius 1 is 1.40 bits per heavy atom. The summed E-state index contributed by atoms with van der Waals surface area (Å²) in [6.07, 6.45) is 1.55. The molecule has 1 heterocycles. The molecule has 0 aromatic heterocycles. The third-order valence-corrected chi connectivity index (χ3v) is 3.41. The van der Waals surface area contributed by atoms with Crippen LogP contribution in [0.2, 0.25) is 0 Å². The van der Waals surface area contributed by atoms with Gasteiger partial charge in [0.1, 0.15) is 11.6 Å². The summed E-state index contributed by atoms with van der Waals surface area (Å²) in [5.74, 6) is -0.783. The topological polar surface area (TPSA) is 52.6 Å². The molecule has 1 fully saturated rings. The van der Waals surface area contributed by atoms with E-state index in [-0.39, 0.29) is 36.7 Å². The summed E-state index contributed by atoms with van der Waals surface area (Å²) in [5, 5.41) is 0. The second-order valence-electron chi connectivity index (χ2n) is 4.97. The lowest BCUT2D eigenvalue weighted by molar-refractivity contribution is -0.158. The second-order valence-corrected chi connectivity index (χ2v) is 4.97. The Morgan fingerprint density at radius 2 is 2.10 bits per heavy atom. The lowest BCUT2D eigenvalue weighted by Crippen LogP contribution is -2.32. The molecule has 4 nitrogen and oxygen atoms in total. The highest BCUT2D eigenvalue weighted by Crippen LogP contribution is 2.26. The van der Waals surface area contributed by atoms with E-state index in [0.717, 1.165) is 0 Å². The zero-order valence-corrected chi connectivity index (χ0v) is 11.3. The van der Waals surface area contributed by atoms with E-state index in [1.54, 1.807) is 0 Å². The van der Waals surface area contributed by atoms with Gasteiger partial charge in [-0.05, 0) is 37.1 Å². The van der Waals surface area contributed by atoms with Crippen molar-refractivity contribution in [2.45, 2.75) is 26.2 Å². The van der Waals surface area contributed by atoms with Crippen LogP contribution in [-0.4, -0.2) is 18.5 Å². The Hall–Kier alpha value is -1.91. The molecule has 0 spiro atoms. The average Bonchev–Trinajstić information content (AvgIpc) is 2.43. The van der Waals surface area contributed by atoms with Crippen LogP contribution in [0.5, 0.6) is 5.75 Å². The standard InChI is InChI=1S/C15H17FO4/c1-2-11-7-10(9-19-15(11)18)8-14(17)20-13-5-3-12(16)4-6-13/h3-6,10-11H,2,7-9H2,1H3/t10-,11-/m0/s1. The van der Waals surface area contributed by atoms with E-state index in [0.29, 0.717) is 18.6 Å². The Labute approximate surface area is 116 Å². The van der Waals surface area contributed by atoms with Crippen LogP contribution >= 0.6 is 0 Å². The van der Waals surface area contributed by atoms with Gasteiger partial charge in [0.2, 0.25) is 0 Å². The molecule has 0 unspecified atom stereocenters. The van der Waals surface area contributed by atoms with Crippen LogP contribution in [0.3, 0.4) is 0 Å². The predicted molar refractivity (Wildman–Crippen MR) is 69.5 cm³/mol. The van der Waals surface area contributed by atoms with Crippen molar-refractivity contribution in [3.63, 3.8) is 0 Å². The van der Waals surface area contributed by atoms with E-state index >= 15 is 0 Å². The molecule has 1 aliphatic heterocycles. The number of ether oxygens (including phenoxy) is 2. The maximum Gasteiger partial charge on any atom is 0.311 e. The van der Waals surface area contributed by atoms with E-state index in [1.165, 1.54) is 24.3 Å². The lowest BCUT2D eigenvalue weighted by atomic mass is 9.89. The van der Waals surface area contributed by atoms with Gasteiger partial charge in [-0.3, -0.25) is 9.59 Å². The monoisotopic (exact) mass is 280 g/mol. The van der Waals surface area contributed by atoms with Gasteiger partial charge in [0.05, 0.1) is 18.9 Å². The summed E-state index contributed by atoms with van der Waals surface area (Å²) >= 11 is 0. The van der Waals surface area contributed by atoms with Crippen molar-refractivity contribution >= 4 is 11.9 Å². The first-order valence-corrected chi connectivity index (χ1v) is 6.71. The number of carbonyl (C=O) groups is 2. The summed E-state index contributed by atoms with van der Waals surface area (Å²) in [7, 11) is 0. The second kappa shape index (κ2) is 6.50. The van der Waals surface area contributed by atoms with E-state index in [9.17, 15) is 14.0 Å². The van der Waals surface area contributed by atoms with Crippen LogP contribution in [0.1, 0.15) is 26.2 Å². The molecule has 1 aliphatic rings. The van der Waals surface area contributed by atoms with Crippen molar-refractivity contribution < 1.29 is 23.5 Å². The molecular formula is C15H17FO4. The molecule has 108 valence electrons. The number of esters is 2. The van der Waals surface area contributed by atoms with Crippen LogP contribution in [0.15, 0.2) is 24.3 Å². The van der Waals surface area contributed by atoms with Crippen LogP contribution in [0, 0.1) is 17.7 Å². The first-order chi connectivity index (χ1) is 9.58. The fourth-order valence-electron chi connectivity index (χ4n) is 2.27. The van der Waals surface area contributed by atoms with Crippen molar-refractivity contribution in [1.29, 1.82) is 0 Å². The van der Waals surface area contributed by atoms with E-state index in [4.69, 9.17) is 9.47 Å². The van der Waals surface area contributed by atoms with Crippen LogP contribution in [-0.2, 0) is 14.3 Å². The number of rotatable bonds is 4. The highest BCUT2D eigenvalue weighted by molar-refractivity contribution is 5.75. The molecule has 0 amide bonds. The smallest absolute Gasteiger partial charge is 0.311 e. The molecule has 1 aromatic rings. The molecule has 0 aliphatic carbocycles. The van der Waals surface area contributed by atoms with Gasteiger partial charge in [-0.1, -0.05) is 6.92 Å². The van der Waals surface area contributed by atoms with Gasteiger partial charge >= 0.3 is 11.9 Å². The third kappa shape index (κ3) is 3.79. The van der Waals surface area contributed by atoms with Crippen LogP contribution < -0.4 is 4.74 Å². The van der Waals surface area contributed by atoms with E-state index in [1.807, 2.05) is 6.92 Å². The molecular weight excluding hydrogens is 263 g/mol. The highest BCUT2D eigenvalue weighted by atomic mass is 19.1. The van der Waals surface area contributed by atoms with Gasteiger partial charge in [-0.25, -0.2) is 4.39 Å². The van der Waals surface area contributed by atoms with Crippen LogP contribution in [0.4, 0.5) is 4.39 Å². The number of hydrogen-bond acceptors (Lipinski definition) is 4. The fourth-order valence-corrected chi connectivity index (χ4v) is 2.27. The van der Waals surface area contributed by atoms with Crippen molar-refractivity contribution in [3.8, 4) is 5.75 Å². The first-order valence-electron chi connectivity index (χ1n) is 6.71. The van der Waals surface area contributed by atoms with E-state index in [2.05, 4.69) is 0 Å². The van der Waals surface area contributed by atoms with Gasteiger partial charge in [0.15, 0.2) is 0 Å². The number of carbonyl (C=O) groups excluding carboxylic acids is 2. The van der Waals surface area contributed by atoms with Crippen molar-refractivity contribution in [2.75, 3.05) is 6.61 Å². The Morgan fingerprint density at radius 3 is 2.75 bits per heavy atom. The molecule has 1 aromatic carbocycles. The number of benzene rings is 1. The predicted octanol–water partition coefficient (Wildman–Crippen LogP) is 2.71. The zero-order chi connectivity index (χ0) is 14.5. The number of halogens is 1. The number of hydrogen-bond donors (Lipinski definition) is 0. The van der Waals surface area contributed by atoms with Crippen LogP contribution in [0.25, 0.3) is 0 Å². The first kappa shape index (κ1) is 14.5. The molecule has 0 bridgehead atoms. The minimum Gasteiger partial charge on any atom is -0.465 e. The minimum atomic E-state index is -0.394. The average molecular weight is 280 g/mol. The van der Waals surface area contributed by atoms with Gasteiger partial charge in [-0.15, -0.1) is 0 Å². The van der Waals surface area contributed by atoms with Gasteiger partial charge in [0, 0.05) is 5.92 Å². The van der Waals surface area contributed by atoms with Gasteiger partial charge in [0.25, 0.3) is 0 Å². The lowest BCUT2D eigenvalue weighted by Gasteiger charge is -2.26. The van der Waals surface area contributed by atoms with Crippen molar-refractivity contribution in [2.24, 2.45) is 11.8 Å². The summed E-state index contributed by atoms with van der Waals surface area (Å²) in [5.41, 5.74) is 0. The van der Waals surface area contributed by atoms with Crippen molar-refractivity contribution in [3.05, 3.63) is 30.1 Å². The highest BCUT2D eigenvalue weighted by Gasteiger charge is 2.30. The molecule has 0 N–H and O–H groups in total.